The minimum atomic E-state index is -0.673. The lowest BCUT2D eigenvalue weighted by molar-refractivity contribution is -0.140. The van der Waals surface area contributed by atoms with Crippen LogP contribution in [0.1, 0.15) is 54.5 Å². The predicted octanol–water partition coefficient (Wildman–Crippen LogP) is 4.26. The van der Waals surface area contributed by atoms with Crippen molar-refractivity contribution in [3.63, 3.8) is 0 Å². The van der Waals surface area contributed by atoms with Gasteiger partial charge in [0.1, 0.15) is 22.3 Å². The van der Waals surface area contributed by atoms with Gasteiger partial charge < -0.3 is 29.6 Å². The number of carbonyl (C=O) groups is 3. The Balaban J connectivity index is 1.39. The van der Waals surface area contributed by atoms with Crippen LogP contribution in [0.5, 0.6) is 0 Å². The zero-order chi connectivity index (χ0) is 28.1. The number of benzene rings is 1. The molecule has 2 aromatic heterocycles. The molecule has 2 saturated heterocycles. The number of thiazole rings is 1. The van der Waals surface area contributed by atoms with E-state index in [1.165, 1.54) is 6.20 Å². The van der Waals surface area contributed by atoms with E-state index < -0.39 is 12.0 Å². The van der Waals surface area contributed by atoms with Crippen LogP contribution in [-0.4, -0.2) is 77.4 Å². The van der Waals surface area contributed by atoms with Crippen LogP contribution >= 0.6 is 11.3 Å². The fourth-order valence-corrected chi connectivity index (χ4v) is 5.67. The summed E-state index contributed by atoms with van der Waals surface area (Å²) < 4.78 is 10.8. The molecule has 1 aromatic carbocycles. The number of nitrogens with zero attached hydrogens (tertiary/aromatic N) is 4. The van der Waals surface area contributed by atoms with Crippen molar-refractivity contribution >= 4 is 56.9 Å². The highest BCUT2D eigenvalue weighted by Crippen LogP contribution is 2.25. The molecule has 0 bridgehead atoms. The number of furan rings is 1. The molecule has 0 unspecified atom stereocenters. The molecule has 2 amide bonds. The third kappa shape index (κ3) is 6.61. The Bertz CT molecular complexity index is 1410. The molecular formula is C28H34N6O5S. The number of ether oxygens (including phenoxy) is 1. The van der Waals surface area contributed by atoms with Gasteiger partial charge in [-0.3, -0.25) is 9.59 Å². The van der Waals surface area contributed by atoms with Crippen LogP contribution in [0.2, 0.25) is 0 Å². The number of fused-ring (bicyclic) bond motifs is 1. The molecule has 11 nitrogen and oxygen atoms in total. The maximum absolute atomic E-state index is 13.6. The summed E-state index contributed by atoms with van der Waals surface area (Å²) in [5, 5.41) is 7.79. The summed E-state index contributed by atoms with van der Waals surface area (Å²) in [5.74, 6) is 0.498. The fraction of sp³-hybridized carbons (Fsp3) is 0.464. The number of rotatable bonds is 7. The van der Waals surface area contributed by atoms with E-state index in [0.29, 0.717) is 28.9 Å². The summed E-state index contributed by atoms with van der Waals surface area (Å²) in [6.45, 7) is 6.02. The molecule has 40 heavy (non-hydrogen) atoms. The summed E-state index contributed by atoms with van der Waals surface area (Å²) >= 11 is 1.14. The molecule has 0 spiro atoms. The number of esters is 1. The van der Waals surface area contributed by atoms with Crippen LogP contribution in [0.25, 0.3) is 11.0 Å². The minimum Gasteiger partial charge on any atom is -0.462 e. The average molecular weight is 567 g/mol. The van der Waals surface area contributed by atoms with Crippen LogP contribution < -0.4 is 10.6 Å². The number of amides is 2. The summed E-state index contributed by atoms with van der Waals surface area (Å²) in [7, 11) is 0. The first-order valence-electron chi connectivity index (χ1n) is 13.7. The molecule has 1 atom stereocenters. The highest BCUT2D eigenvalue weighted by Gasteiger charge is 2.30. The van der Waals surface area contributed by atoms with Crippen molar-refractivity contribution in [1.29, 1.82) is 0 Å². The van der Waals surface area contributed by atoms with E-state index in [-0.39, 0.29) is 25.0 Å². The lowest BCUT2D eigenvalue weighted by Crippen LogP contribution is -2.45. The number of anilines is 2. The smallest absolute Gasteiger partial charge is 0.350 e. The highest BCUT2D eigenvalue weighted by molar-refractivity contribution is 7.17. The first-order chi connectivity index (χ1) is 19.4. The van der Waals surface area contributed by atoms with Crippen molar-refractivity contribution in [3.05, 3.63) is 41.1 Å². The Morgan fingerprint density at radius 3 is 2.75 bits per heavy atom. The quantitative estimate of drug-likeness (QED) is 0.247. The van der Waals surface area contributed by atoms with Gasteiger partial charge in [-0.1, -0.05) is 11.3 Å². The summed E-state index contributed by atoms with van der Waals surface area (Å²) in [6, 6.07) is 6.94. The molecule has 12 heteroatoms. The number of aliphatic imine (C=N–C) groups is 1. The molecule has 4 heterocycles. The molecule has 2 fully saturated rings. The number of guanidine groups is 1. The number of aryl methyl sites for hydroxylation is 1. The standard InChI is InChI=1S/C28H34N6O5S/c1-3-38-26(37)23-16-29-28(40-23)32-27(30-20-9-10-22-19(15-20)14-18(2)39-22)31-21-8-4-5-13-34(25(21)36)17-24(35)33-11-6-7-12-33/h9-10,14-16,21H,3-8,11-13,17H2,1-2H3,(H2,29,30,31,32)/t21-/m0/s1. The van der Waals surface area contributed by atoms with Gasteiger partial charge >= 0.3 is 5.97 Å². The van der Waals surface area contributed by atoms with Crippen LogP contribution in [0.3, 0.4) is 0 Å². The SMILES string of the molecule is CCOC(=O)c1cnc(NC(=N[C@H]2CCCCN(CC(=O)N3CCCC3)C2=O)Nc2ccc3oc(C)cc3c2)s1. The van der Waals surface area contributed by atoms with E-state index >= 15 is 0 Å². The molecule has 212 valence electrons. The Kier molecular flexibility index (Phi) is 8.63. The summed E-state index contributed by atoms with van der Waals surface area (Å²) in [6.07, 6.45) is 5.65. The molecule has 0 aliphatic carbocycles. The zero-order valence-corrected chi connectivity index (χ0v) is 23.6. The third-order valence-electron chi connectivity index (χ3n) is 6.93. The molecule has 2 aliphatic rings. The first kappa shape index (κ1) is 27.6. The second kappa shape index (κ2) is 12.5. The van der Waals surface area contributed by atoms with E-state index in [9.17, 15) is 14.4 Å². The Hall–Kier alpha value is -3.93. The summed E-state index contributed by atoms with van der Waals surface area (Å²) in [4.78, 5) is 51.5. The number of nitrogens with one attached hydrogen (secondary N) is 2. The lowest BCUT2D eigenvalue weighted by Gasteiger charge is -2.25. The van der Waals surface area contributed by atoms with Crippen molar-refractivity contribution in [2.24, 2.45) is 4.99 Å². The van der Waals surface area contributed by atoms with Crippen molar-refractivity contribution in [1.82, 2.24) is 14.8 Å². The van der Waals surface area contributed by atoms with Crippen molar-refractivity contribution in [2.45, 2.75) is 52.0 Å². The first-order valence-corrected chi connectivity index (χ1v) is 14.5. The fourth-order valence-electron chi connectivity index (χ4n) is 4.96. The van der Waals surface area contributed by atoms with Gasteiger partial charge in [0.05, 0.1) is 19.3 Å². The van der Waals surface area contributed by atoms with E-state index in [0.717, 1.165) is 72.5 Å². The van der Waals surface area contributed by atoms with Crippen molar-refractivity contribution in [2.75, 3.05) is 43.4 Å². The van der Waals surface area contributed by atoms with Crippen LogP contribution in [0, 0.1) is 6.92 Å². The average Bonchev–Trinajstić information content (AvgIpc) is 3.68. The van der Waals surface area contributed by atoms with Gasteiger partial charge in [0.15, 0.2) is 5.13 Å². The van der Waals surface area contributed by atoms with Gasteiger partial charge in [-0.2, -0.15) is 0 Å². The largest absolute Gasteiger partial charge is 0.462 e. The number of hydrogen-bond donors (Lipinski definition) is 2. The van der Waals surface area contributed by atoms with Gasteiger partial charge in [-0.05, 0) is 70.2 Å². The second-order valence-corrected chi connectivity index (χ2v) is 11.0. The monoisotopic (exact) mass is 566 g/mol. The number of likely N-dealkylation sites (tertiary alicyclic amines) is 2. The lowest BCUT2D eigenvalue weighted by atomic mass is 10.1. The highest BCUT2D eigenvalue weighted by atomic mass is 32.1. The molecule has 0 saturated carbocycles. The molecular weight excluding hydrogens is 532 g/mol. The van der Waals surface area contributed by atoms with Crippen LogP contribution in [-0.2, 0) is 14.3 Å². The van der Waals surface area contributed by atoms with Crippen LogP contribution in [0.4, 0.5) is 10.8 Å². The third-order valence-corrected chi connectivity index (χ3v) is 7.82. The topological polar surface area (TPSA) is 129 Å². The van der Waals surface area contributed by atoms with E-state index in [4.69, 9.17) is 14.1 Å². The summed E-state index contributed by atoms with van der Waals surface area (Å²) in [5.41, 5.74) is 1.51. The maximum atomic E-state index is 13.6. The number of aromatic nitrogens is 1. The molecule has 2 N–H and O–H groups in total. The molecule has 3 aromatic rings. The second-order valence-electron chi connectivity index (χ2n) is 9.95. The number of carbonyl (C=O) groups excluding carboxylic acids is 3. The van der Waals surface area contributed by atoms with Crippen molar-refractivity contribution < 1.29 is 23.5 Å². The Morgan fingerprint density at radius 1 is 1.15 bits per heavy atom. The van der Waals surface area contributed by atoms with Gasteiger partial charge in [0, 0.05) is 30.7 Å². The number of hydrogen-bond acceptors (Lipinski definition) is 8. The van der Waals surface area contributed by atoms with Gasteiger partial charge in [0.2, 0.25) is 17.8 Å². The van der Waals surface area contributed by atoms with E-state index in [1.54, 1.807) is 11.8 Å². The molecule has 0 radical (unpaired) electrons. The van der Waals surface area contributed by atoms with Gasteiger partial charge in [-0.15, -0.1) is 0 Å². The molecule has 2 aliphatic heterocycles. The predicted molar refractivity (Wildman–Crippen MR) is 154 cm³/mol. The minimum absolute atomic E-state index is 0.00931. The maximum Gasteiger partial charge on any atom is 0.350 e. The van der Waals surface area contributed by atoms with E-state index in [1.807, 2.05) is 36.1 Å². The molecule has 5 rings (SSSR count). The van der Waals surface area contributed by atoms with E-state index in [2.05, 4.69) is 15.6 Å². The van der Waals surface area contributed by atoms with Gasteiger partial charge in [0.25, 0.3) is 0 Å². The van der Waals surface area contributed by atoms with Gasteiger partial charge in [-0.25, -0.2) is 14.8 Å². The Morgan fingerprint density at radius 2 is 1.95 bits per heavy atom. The van der Waals surface area contributed by atoms with Crippen LogP contribution in [0.15, 0.2) is 39.9 Å². The van der Waals surface area contributed by atoms with Crippen molar-refractivity contribution in [3.8, 4) is 0 Å². The normalized spacial score (nSPS) is 18.2. The Labute approximate surface area is 236 Å². The zero-order valence-electron chi connectivity index (χ0n) is 22.8.